The van der Waals surface area contributed by atoms with Crippen molar-refractivity contribution in [2.45, 2.75) is 95.9 Å². The van der Waals surface area contributed by atoms with Crippen LogP contribution >= 0.6 is 0 Å². The summed E-state index contributed by atoms with van der Waals surface area (Å²) in [7, 11) is 0. The zero-order valence-electron chi connectivity index (χ0n) is 26.2. The van der Waals surface area contributed by atoms with Crippen LogP contribution in [0.15, 0.2) is 71.1 Å². The minimum atomic E-state index is -4.61. The number of halogens is 3. The SMILES string of the molecule is CCCC1=C(OCCCCNC(=O)C(NC=O)(C2=CCCC=C2)C2C=CC=CC2)C(CCC)CC2C(C(F)(F)F)=CC(=O)O[C@H]12. The Hall–Kier alpha value is -3.56. The molecule has 0 spiro atoms. The van der Waals surface area contributed by atoms with E-state index in [0.717, 1.165) is 24.8 Å². The molecule has 246 valence electrons. The number of hydrogen-bond donors (Lipinski definition) is 2. The summed E-state index contributed by atoms with van der Waals surface area (Å²) in [5.74, 6) is -1.98. The van der Waals surface area contributed by atoms with Gasteiger partial charge >= 0.3 is 12.1 Å². The fourth-order valence-electron chi connectivity index (χ4n) is 7.07. The molecule has 0 aromatic rings. The van der Waals surface area contributed by atoms with E-state index in [9.17, 15) is 27.6 Å². The van der Waals surface area contributed by atoms with Crippen LogP contribution in [0.1, 0.15) is 78.1 Å². The van der Waals surface area contributed by atoms with Gasteiger partial charge in [-0.2, -0.15) is 13.2 Å². The van der Waals surface area contributed by atoms with Gasteiger partial charge in [0.25, 0.3) is 5.91 Å². The highest BCUT2D eigenvalue weighted by Crippen LogP contribution is 2.48. The molecule has 0 bridgehead atoms. The highest BCUT2D eigenvalue weighted by Gasteiger charge is 2.51. The Labute approximate surface area is 263 Å². The minimum Gasteiger partial charge on any atom is -0.498 e. The second-order valence-corrected chi connectivity index (χ2v) is 12.1. The Kier molecular flexibility index (Phi) is 11.9. The second kappa shape index (κ2) is 15.6. The maximum atomic E-state index is 13.9. The van der Waals surface area contributed by atoms with Crippen LogP contribution in [0.2, 0.25) is 0 Å². The van der Waals surface area contributed by atoms with Gasteiger partial charge in [-0.05, 0) is 56.9 Å². The number of carbonyl (C=O) groups is 3. The lowest BCUT2D eigenvalue weighted by Gasteiger charge is -2.42. The summed E-state index contributed by atoms with van der Waals surface area (Å²) in [5.41, 5.74) is -0.625. The molecule has 2 amide bonds. The Morgan fingerprint density at radius 3 is 2.60 bits per heavy atom. The number of unbranched alkanes of at least 4 members (excludes halogenated alkanes) is 1. The highest BCUT2D eigenvalue weighted by atomic mass is 19.4. The quantitative estimate of drug-likeness (QED) is 0.119. The van der Waals surface area contributed by atoms with Crippen LogP contribution in [0.5, 0.6) is 0 Å². The van der Waals surface area contributed by atoms with Gasteiger partial charge in [0.2, 0.25) is 6.41 Å². The molecule has 0 saturated heterocycles. The molecule has 2 N–H and O–H groups in total. The van der Waals surface area contributed by atoms with Crippen LogP contribution in [0.4, 0.5) is 13.2 Å². The largest absolute Gasteiger partial charge is 0.498 e. The van der Waals surface area contributed by atoms with Crippen molar-refractivity contribution in [3.63, 3.8) is 0 Å². The summed E-state index contributed by atoms with van der Waals surface area (Å²) in [6.45, 7) is 4.60. The van der Waals surface area contributed by atoms with Crippen molar-refractivity contribution in [1.29, 1.82) is 0 Å². The fourth-order valence-corrected chi connectivity index (χ4v) is 7.07. The van der Waals surface area contributed by atoms with Gasteiger partial charge in [0.15, 0.2) is 5.54 Å². The van der Waals surface area contributed by atoms with Gasteiger partial charge in [-0.15, -0.1) is 0 Å². The number of nitrogens with one attached hydrogen (secondary N) is 2. The predicted octanol–water partition coefficient (Wildman–Crippen LogP) is 6.70. The van der Waals surface area contributed by atoms with Gasteiger partial charge in [0.1, 0.15) is 11.9 Å². The number of amides is 2. The molecule has 0 aromatic heterocycles. The molecular formula is C35H45F3N2O5. The topological polar surface area (TPSA) is 93.7 Å². The van der Waals surface area contributed by atoms with E-state index < -0.39 is 35.3 Å². The summed E-state index contributed by atoms with van der Waals surface area (Å²) in [5, 5.41) is 5.89. The normalized spacial score (nSPS) is 25.8. The molecule has 4 aliphatic rings. The molecule has 10 heteroatoms. The minimum absolute atomic E-state index is 0.204. The van der Waals surface area contributed by atoms with Crippen molar-refractivity contribution < 1.29 is 37.0 Å². The Morgan fingerprint density at radius 1 is 1.13 bits per heavy atom. The number of carbonyl (C=O) groups excluding carboxylic acids is 3. The molecule has 4 unspecified atom stereocenters. The molecular weight excluding hydrogens is 585 g/mol. The molecule has 0 aromatic carbocycles. The average molecular weight is 631 g/mol. The maximum absolute atomic E-state index is 13.9. The van der Waals surface area contributed by atoms with E-state index in [2.05, 4.69) is 10.6 Å². The first-order chi connectivity index (χ1) is 21.7. The van der Waals surface area contributed by atoms with Crippen LogP contribution in [-0.4, -0.2) is 49.3 Å². The molecule has 45 heavy (non-hydrogen) atoms. The van der Waals surface area contributed by atoms with Gasteiger partial charge in [-0.3, -0.25) is 9.59 Å². The lowest BCUT2D eigenvalue weighted by atomic mass is 9.71. The molecule has 3 aliphatic carbocycles. The van der Waals surface area contributed by atoms with Crippen molar-refractivity contribution in [3.05, 3.63) is 71.1 Å². The smallest absolute Gasteiger partial charge is 0.413 e. The highest BCUT2D eigenvalue weighted by molar-refractivity contribution is 5.93. The van der Waals surface area contributed by atoms with Crippen LogP contribution in [0.25, 0.3) is 0 Å². The number of hydrogen-bond acceptors (Lipinski definition) is 5. The molecule has 0 saturated carbocycles. The molecule has 7 nitrogen and oxygen atoms in total. The number of alkyl halides is 3. The van der Waals surface area contributed by atoms with E-state index in [4.69, 9.17) is 9.47 Å². The van der Waals surface area contributed by atoms with Gasteiger partial charge < -0.3 is 20.1 Å². The molecule has 0 radical (unpaired) electrons. The first-order valence-electron chi connectivity index (χ1n) is 16.2. The lowest BCUT2D eigenvalue weighted by molar-refractivity contribution is -0.153. The van der Waals surface area contributed by atoms with Crippen molar-refractivity contribution >= 4 is 18.3 Å². The summed E-state index contributed by atoms with van der Waals surface area (Å²) in [4.78, 5) is 37.8. The van der Waals surface area contributed by atoms with E-state index in [1.54, 1.807) is 0 Å². The van der Waals surface area contributed by atoms with Gasteiger partial charge in [0.05, 0.1) is 6.61 Å². The maximum Gasteiger partial charge on any atom is 0.413 e. The Morgan fingerprint density at radius 2 is 1.96 bits per heavy atom. The van der Waals surface area contributed by atoms with Gasteiger partial charge in [-0.1, -0.05) is 69.2 Å². The van der Waals surface area contributed by atoms with E-state index in [1.807, 2.05) is 56.4 Å². The third kappa shape index (κ3) is 7.82. The first-order valence-corrected chi connectivity index (χ1v) is 16.2. The van der Waals surface area contributed by atoms with E-state index in [-0.39, 0.29) is 24.2 Å². The molecule has 1 heterocycles. The van der Waals surface area contributed by atoms with Gasteiger partial charge in [-0.25, -0.2) is 4.79 Å². The van der Waals surface area contributed by atoms with Crippen LogP contribution in [0, 0.1) is 17.8 Å². The Balaban J connectivity index is 1.43. The average Bonchev–Trinajstić information content (AvgIpc) is 3.03. The molecule has 0 fully saturated rings. The first kappa shape index (κ1) is 34.3. The zero-order valence-corrected chi connectivity index (χ0v) is 26.2. The third-order valence-electron chi connectivity index (χ3n) is 9.08. The molecule has 1 aliphatic heterocycles. The van der Waals surface area contributed by atoms with Crippen LogP contribution in [0.3, 0.4) is 0 Å². The number of ether oxygens (including phenoxy) is 2. The van der Waals surface area contributed by atoms with Crippen molar-refractivity contribution in [3.8, 4) is 0 Å². The van der Waals surface area contributed by atoms with E-state index >= 15 is 0 Å². The fraction of sp³-hybridized carbons (Fsp3) is 0.571. The number of esters is 1. The second-order valence-electron chi connectivity index (χ2n) is 12.1. The third-order valence-corrected chi connectivity index (χ3v) is 9.08. The standard InChI is InChI=1S/C35H45F3N2O5/c1-3-13-24-21-28-29(35(36,37)38)22-30(42)45-32(28)27(14-4-2)31(24)44-20-12-11-19-39-33(43)34(40-23-41,25-15-7-5-8-16-25)26-17-9-6-10-18-26/h5,7-9,15,17-18,22-25,28,32H,3-4,6,10-14,16,19-21H2,1-2H3,(H,39,43)(H,40,41)/t24?,25?,28?,32-,34?/m1/s1. The summed E-state index contributed by atoms with van der Waals surface area (Å²) < 4.78 is 53.6. The van der Waals surface area contributed by atoms with E-state index in [1.165, 1.54) is 0 Å². The monoisotopic (exact) mass is 630 g/mol. The zero-order chi connectivity index (χ0) is 32.5. The predicted molar refractivity (Wildman–Crippen MR) is 165 cm³/mol. The van der Waals surface area contributed by atoms with Crippen LogP contribution < -0.4 is 10.6 Å². The number of fused-ring (bicyclic) bond motifs is 1. The van der Waals surface area contributed by atoms with Gasteiger partial charge in [0, 0.05) is 41.5 Å². The summed E-state index contributed by atoms with van der Waals surface area (Å²) >= 11 is 0. The van der Waals surface area contributed by atoms with E-state index in [0.29, 0.717) is 75.5 Å². The molecule has 5 atom stereocenters. The number of rotatable bonds is 15. The lowest BCUT2D eigenvalue weighted by Crippen LogP contribution is -2.62. The summed E-state index contributed by atoms with van der Waals surface area (Å²) in [6.07, 6.45) is 15.6. The van der Waals surface area contributed by atoms with Crippen LogP contribution in [-0.2, 0) is 23.9 Å². The van der Waals surface area contributed by atoms with Crippen molar-refractivity contribution in [2.24, 2.45) is 17.8 Å². The van der Waals surface area contributed by atoms with Crippen molar-refractivity contribution in [2.75, 3.05) is 13.2 Å². The Bertz CT molecular complexity index is 1280. The summed E-state index contributed by atoms with van der Waals surface area (Å²) in [6, 6.07) is 0. The number of allylic oxidation sites excluding steroid dienone is 6. The van der Waals surface area contributed by atoms with Crippen molar-refractivity contribution in [1.82, 2.24) is 10.6 Å². The molecule has 4 rings (SSSR count).